The van der Waals surface area contributed by atoms with Gasteiger partial charge < -0.3 is 5.32 Å². The van der Waals surface area contributed by atoms with E-state index in [1.165, 1.54) is 4.57 Å². The predicted octanol–water partition coefficient (Wildman–Crippen LogP) is 2.06. The number of aryl methyl sites for hydroxylation is 1. The van der Waals surface area contributed by atoms with Crippen molar-refractivity contribution in [3.05, 3.63) is 64.8 Å². The Labute approximate surface area is 126 Å². The van der Waals surface area contributed by atoms with Gasteiger partial charge in [-0.2, -0.15) is 0 Å². The SMILES string of the molecule is CCn1c(=O)c(C(=O)Nc2ccncc2)cc2cccnc21. The molecular weight excluding hydrogens is 280 g/mol. The topological polar surface area (TPSA) is 76.9 Å². The molecule has 3 aromatic rings. The molecule has 0 aromatic carbocycles. The summed E-state index contributed by atoms with van der Waals surface area (Å²) >= 11 is 0. The predicted molar refractivity (Wildman–Crippen MR) is 83.9 cm³/mol. The van der Waals surface area contributed by atoms with Gasteiger partial charge in [-0.15, -0.1) is 0 Å². The van der Waals surface area contributed by atoms with Crippen molar-refractivity contribution in [2.75, 3.05) is 5.32 Å². The summed E-state index contributed by atoms with van der Waals surface area (Å²) in [6.07, 6.45) is 4.78. The fourth-order valence-electron chi connectivity index (χ4n) is 2.30. The van der Waals surface area contributed by atoms with E-state index in [-0.39, 0.29) is 11.1 Å². The quantitative estimate of drug-likeness (QED) is 0.802. The van der Waals surface area contributed by atoms with Crippen LogP contribution < -0.4 is 10.9 Å². The molecule has 6 heteroatoms. The van der Waals surface area contributed by atoms with Crippen LogP contribution in [0, 0.1) is 0 Å². The van der Waals surface area contributed by atoms with Crippen LogP contribution in [0.5, 0.6) is 0 Å². The summed E-state index contributed by atoms with van der Waals surface area (Å²) in [5.41, 5.74) is 0.920. The van der Waals surface area contributed by atoms with E-state index in [2.05, 4.69) is 15.3 Å². The van der Waals surface area contributed by atoms with Gasteiger partial charge in [-0.25, -0.2) is 4.98 Å². The van der Waals surface area contributed by atoms with Gasteiger partial charge in [0.2, 0.25) is 0 Å². The molecule has 0 atom stereocenters. The minimum atomic E-state index is -0.441. The van der Waals surface area contributed by atoms with Crippen LogP contribution in [0.1, 0.15) is 17.3 Å². The number of rotatable bonds is 3. The van der Waals surface area contributed by atoms with Gasteiger partial charge in [-0.05, 0) is 37.3 Å². The molecule has 1 amide bonds. The number of pyridine rings is 3. The van der Waals surface area contributed by atoms with Gasteiger partial charge >= 0.3 is 0 Å². The number of hydrogen-bond donors (Lipinski definition) is 1. The van der Waals surface area contributed by atoms with Gasteiger partial charge in [-0.1, -0.05) is 0 Å². The molecule has 3 rings (SSSR count). The van der Waals surface area contributed by atoms with E-state index in [1.807, 2.05) is 13.0 Å². The molecule has 110 valence electrons. The van der Waals surface area contributed by atoms with Gasteiger partial charge in [0.15, 0.2) is 0 Å². The highest BCUT2D eigenvalue weighted by molar-refractivity contribution is 6.05. The van der Waals surface area contributed by atoms with Crippen molar-refractivity contribution >= 4 is 22.6 Å². The van der Waals surface area contributed by atoms with Crippen molar-refractivity contribution in [2.45, 2.75) is 13.5 Å². The summed E-state index contributed by atoms with van der Waals surface area (Å²) in [7, 11) is 0. The van der Waals surface area contributed by atoms with Crippen LogP contribution in [0.25, 0.3) is 11.0 Å². The average Bonchev–Trinajstić information content (AvgIpc) is 2.55. The number of fused-ring (bicyclic) bond motifs is 1. The molecule has 0 saturated carbocycles. The highest BCUT2D eigenvalue weighted by atomic mass is 16.2. The Morgan fingerprint density at radius 3 is 2.73 bits per heavy atom. The Morgan fingerprint density at radius 2 is 2.00 bits per heavy atom. The highest BCUT2D eigenvalue weighted by Crippen LogP contribution is 2.12. The highest BCUT2D eigenvalue weighted by Gasteiger charge is 2.15. The van der Waals surface area contributed by atoms with Crippen molar-refractivity contribution in [1.82, 2.24) is 14.5 Å². The van der Waals surface area contributed by atoms with Gasteiger partial charge in [0.05, 0.1) is 0 Å². The van der Waals surface area contributed by atoms with E-state index in [0.717, 1.165) is 5.39 Å². The van der Waals surface area contributed by atoms with Crippen molar-refractivity contribution in [3.63, 3.8) is 0 Å². The number of amides is 1. The van der Waals surface area contributed by atoms with E-state index < -0.39 is 5.91 Å². The Morgan fingerprint density at radius 1 is 1.23 bits per heavy atom. The first-order valence-electron chi connectivity index (χ1n) is 6.90. The van der Waals surface area contributed by atoms with Crippen molar-refractivity contribution < 1.29 is 4.79 Å². The van der Waals surface area contributed by atoms with Crippen LogP contribution in [0.3, 0.4) is 0 Å². The Kier molecular flexibility index (Phi) is 3.65. The van der Waals surface area contributed by atoms with E-state index in [1.54, 1.807) is 42.9 Å². The van der Waals surface area contributed by atoms with E-state index in [0.29, 0.717) is 17.9 Å². The monoisotopic (exact) mass is 294 g/mol. The smallest absolute Gasteiger partial charge is 0.265 e. The molecule has 1 N–H and O–H groups in total. The molecule has 22 heavy (non-hydrogen) atoms. The van der Waals surface area contributed by atoms with E-state index in [9.17, 15) is 9.59 Å². The van der Waals surface area contributed by atoms with Crippen LogP contribution in [-0.4, -0.2) is 20.4 Å². The summed E-state index contributed by atoms with van der Waals surface area (Å²) < 4.78 is 1.50. The van der Waals surface area contributed by atoms with Crippen LogP contribution in [0.2, 0.25) is 0 Å². The summed E-state index contributed by atoms with van der Waals surface area (Å²) in [6.45, 7) is 2.29. The number of carbonyl (C=O) groups excluding carboxylic acids is 1. The molecule has 0 aliphatic carbocycles. The zero-order valence-electron chi connectivity index (χ0n) is 12.0. The fraction of sp³-hybridized carbons (Fsp3) is 0.125. The van der Waals surface area contributed by atoms with Gasteiger partial charge in [0.1, 0.15) is 11.2 Å². The number of nitrogens with zero attached hydrogens (tertiary/aromatic N) is 3. The molecule has 0 unspecified atom stereocenters. The zero-order valence-corrected chi connectivity index (χ0v) is 12.0. The molecule has 3 heterocycles. The van der Waals surface area contributed by atoms with Gasteiger partial charge in [0.25, 0.3) is 11.5 Å². The lowest BCUT2D eigenvalue weighted by Gasteiger charge is -2.10. The summed E-state index contributed by atoms with van der Waals surface area (Å²) in [5, 5.41) is 3.46. The summed E-state index contributed by atoms with van der Waals surface area (Å²) in [5.74, 6) is -0.441. The first kappa shape index (κ1) is 13.9. The normalized spacial score (nSPS) is 10.6. The number of hydrogen-bond acceptors (Lipinski definition) is 4. The maximum Gasteiger partial charge on any atom is 0.265 e. The molecule has 0 aliphatic rings. The van der Waals surface area contributed by atoms with Crippen LogP contribution >= 0.6 is 0 Å². The molecule has 6 nitrogen and oxygen atoms in total. The second kappa shape index (κ2) is 5.77. The first-order chi connectivity index (χ1) is 10.7. The molecule has 0 saturated heterocycles. The molecule has 0 fully saturated rings. The fourth-order valence-corrected chi connectivity index (χ4v) is 2.30. The Bertz CT molecular complexity index is 888. The molecular formula is C16H14N4O2. The molecule has 3 aromatic heterocycles. The third kappa shape index (κ3) is 2.46. The van der Waals surface area contributed by atoms with Gasteiger partial charge in [0, 0.05) is 36.2 Å². The van der Waals surface area contributed by atoms with Crippen LogP contribution in [-0.2, 0) is 6.54 Å². The summed E-state index contributed by atoms with van der Waals surface area (Å²) in [6, 6.07) is 8.51. The minimum Gasteiger partial charge on any atom is -0.322 e. The molecule has 0 bridgehead atoms. The number of anilines is 1. The number of nitrogens with one attached hydrogen (secondary N) is 1. The summed E-state index contributed by atoms with van der Waals surface area (Å²) in [4.78, 5) is 33.0. The van der Waals surface area contributed by atoms with Crippen LogP contribution in [0.15, 0.2) is 53.7 Å². The lowest BCUT2D eigenvalue weighted by Crippen LogP contribution is -2.29. The minimum absolute atomic E-state index is 0.0964. The number of aromatic nitrogens is 3. The average molecular weight is 294 g/mol. The van der Waals surface area contributed by atoms with Crippen molar-refractivity contribution in [3.8, 4) is 0 Å². The zero-order chi connectivity index (χ0) is 15.5. The second-order valence-electron chi connectivity index (χ2n) is 4.71. The van der Waals surface area contributed by atoms with E-state index >= 15 is 0 Å². The standard InChI is InChI=1S/C16H14N4O2/c1-2-20-14-11(4-3-7-18-14)10-13(16(20)22)15(21)19-12-5-8-17-9-6-12/h3-10H,2H2,1H3,(H,17,19,21). The Balaban J connectivity index is 2.09. The third-order valence-corrected chi connectivity index (χ3v) is 3.35. The lowest BCUT2D eigenvalue weighted by atomic mass is 10.2. The Hall–Kier alpha value is -3.02. The second-order valence-corrected chi connectivity index (χ2v) is 4.71. The maximum atomic E-state index is 12.5. The largest absolute Gasteiger partial charge is 0.322 e. The van der Waals surface area contributed by atoms with Crippen LogP contribution in [0.4, 0.5) is 5.69 Å². The van der Waals surface area contributed by atoms with Crippen molar-refractivity contribution in [1.29, 1.82) is 0 Å². The lowest BCUT2D eigenvalue weighted by molar-refractivity contribution is 0.102. The van der Waals surface area contributed by atoms with Crippen molar-refractivity contribution in [2.24, 2.45) is 0 Å². The number of carbonyl (C=O) groups is 1. The third-order valence-electron chi connectivity index (χ3n) is 3.35. The maximum absolute atomic E-state index is 12.5. The van der Waals surface area contributed by atoms with E-state index in [4.69, 9.17) is 0 Å². The van der Waals surface area contributed by atoms with Gasteiger partial charge in [-0.3, -0.25) is 19.1 Å². The molecule has 0 spiro atoms. The molecule has 0 radical (unpaired) electrons. The first-order valence-corrected chi connectivity index (χ1v) is 6.90. The molecule has 0 aliphatic heterocycles.